The predicted octanol–water partition coefficient (Wildman–Crippen LogP) is 3.71. The van der Waals surface area contributed by atoms with Crippen LogP contribution in [-0.4, -0.2) is 35.5 Å². The second-order valence-electron chi connectivity index (χ2n) is 6.17. The summed E-state index contributed by atoms with van der Waals surface area (Å²) in [6.45, 7) is 0.750. The Morgan fingerprint density at radius 3 is 3.04 bits per heavy atom. The summed E-state index contributed by atoms with van der Waals surface area (Å²) in [4.78, 5) is 14.7. The number of aromatic nitrogens is 2. The highest BCUT2D eigenvalue weighted by atomic mass is 32.2. The third kappa shape index (κ3) is 3.24. The van der Waals surface area contributed by atoms with Crippen LogP contribution in [0.2, 0.25) is 0 Å². The summed E-state index contributed by atoms with van der Waals surface area (Å²) in [5, 5.41) is 11.1. The number of fused-ring (bicyclic) bond motifs is 2. The molecule has 1 aromatic heterocycles. The van der Waals surface area contributed by atoms with Crippen LogP contribution in [0.15, 0.2) is 53.7 Å². The first kappa shape index (κ1) is 16.8. The molecular formula is C20H19N3O2S. The Morgan fingerprint density at radius 2 is 2.15 bits per heavy atom. The zero-order valence-electron chi connectivity index (χ0n) is 14.5. The second-order valence-corrected chi connectivity index (χ2v) is 7.13. The number of hydrogen-bond donors (Lipinski definition) is 0. The van der Waals surface area contributed by atoms with Gasteiger partial charge in [-0.2, -0.15) is 5.10 Å². The van der Waals surface area contributed by atoms with Crippen molar-refractivity contribution in [3.63, 3.8) is 0 Å². The van der Waals surface area contributed by atoms with Crippen LogP contribution in [-0.2, 0) is 11.2 Å². The van der Waals surface area contributed by atoms with Crippen molar-refractivity contribution in [3.05, 3.63) is 54.2 Å². The molecule has 2 aromatic carbocycles. The molecule has 0 unspecified atom stereocenters. The number of methoxy groups -OCH3 is 1. The van der Waals surface area contributed by atoms with Crippen LogP contribution in [0.5, 0.6) is 5.75 Å². The van der Waals surface area contributed by atoms with Crippen molar-refractivity contribution in [1.82, 2.24) is 10.2 Å². The van der Waals surface area contributed by atoms with E-state index < -0.39 is 0 Å². The van der Waals surface area contributed by atoms with Crippen LogP contribution in [0.4, 0.5) is 5.69 Å². The van der Waals surface area contributed by atoms with Crippen LogP contribution < -0.4 is 9.64 Å². The van der Waals surface area contributed by atoms with E-state index in [9.17, 15) is 4.79 Å². The highest BCUT2D eigenvalue weighted by Crippen LogP contribution is 2.32. The summed E-state index contributed by atoms with van der Waals surface area (Å²) in [7, 11) is 1.66. The molecule has 26 heavy (non-hydrogen) atoms. The number of carbonyl (C=O) groups is 1. The number of thioether (sulfide) groups is 1. The lowest BCUT2D eigenvalue weighted by Crippen LogP contribution is -2.36. The third-order valence-electron chi connectivity index (χ3n) is 4.58. The predicted molar refractivity (Wildman–Crippen MR) is 104 cm³/mol. The Kier molecular flexibility index (Phi) is 4.75. The van der Waals surface area contributed by atoms with E-state index in [0.29, 0.717) is 5.75 Å². The van der Waals surface area contributed by atoms with E-state index in [-0.39, 0.29) is 5.91 Å². The number of amides is 1. The van der Waals surface area contributed by atoms with Crippen molar-refractivity contribution in [1.29, 1.82) is 0 Å². The maximum Gasteiger partial charge on any atom is 0.237 e. The van der Waals surface area contributed by atoms with E-state index in [1.807, 2.05) is 47.4 Å². The lowest BCUT2D eigenvalue weighted by atomic mass is 10.0. The van der Waals surface area contributed by atoms with E-state index in [4.69, 9.17) is 4.74 Å². The van der Waals surface area contributed by atoms with E-state index in [1.165, 1.54) is 17.3 Å². The minimum Gasteiger partial charge on any atom is -0.497 e. The van der Waals surface area contributed by atoms with Crippen molar-refractivity contribution < 1.29 is 9.53 Å². The highest BCUT2D eigenvalue weighted by molar-refractivity contribution is 8.00. The molecule has 0 radical (unpaired) electrons. The first-order valence-electron chi connectivity index (χ1n) is 8.57. The minimum absolute atomic E-state index is 0.0934. The fourth-order valence-corrected chi connectivity index (χ4v) is 4.14. The van der Waals surface area contributed by atoms with E-state index in [1.54, 1.807) is 13.3 Å². The normalized spacial score (nSPS) is 13.5. The number of aryl methyl sites for hydroxylation is 1. The zero-order valence-corrected chi connectivity index (χ0v) is 15.3. The molecule has 0 spiro atoms. The van der Waals surface area contributed by atoms with Gasteiger partial charge >= 0.3 is 0 Å². The van der Waals surface area contributed by atoms with Gasteiger partial charge in [-0.3, -0.25) is 4.79 Å². The van der Waals surface area contributed by atoms with Crippen LogP contribution in [0.1, 0.15) is 12.0 Å². The van der Waals surface area contributed by atoms with Gasteiger partial charge in [-0.1, -0.05) is 36.0 Å². The largest absolute Gasteiger partial charge is 0.497 e. The molecule has 0 saturated heterocycles. The molecule has 1 amide bonds. The molecular weight excluding hydrogens is 346 g/mol. The van der Waals surface area contributed by atoms with Gasteiger partial charge in [-0.15, -0.1) is 5.10 Å². The molecule has 1 aliphatic heterocycles. The molecule has 0 N–H and O–H groups in total. The Morgan fingerprint density at radius 1 is 1.27 bits per heavy atom. The van der Waals surface area contributed by atoms with Crippen molar-refractivity contribution in [2.75, 3.05) is 24.3 Å². The maximum absolute atomic E-state index is 12.9. The highest BCUT2D eigenvalue weighted by Gasteiger charge is 2.23. The van der Waals surface area contributed by atoms with Gasteiger partial charge in [-0.05, 0) is 36.6 Å². The van der Waals surface area contributed by atoms with Gasteiger partial charge in [0.05, 0.1) is 19.1 Å². The molecule has 1 aliphatic rings. The number of benzene rings is 2. The number of carbonyl (C=O) groups excluding carboxylic acids is 1. The number of rotatable bonds is 4. The summed E-state index contributed by atoms with van der Waals surface area (Å²) in [6.07, 6.45) is 3.68. The van der Waals surface area contributed by atoms with Crippen LogP contribution in [0.25, 0.3) is 10.8 Å². The Hall–Kier alpha value is -2.60. The average molecular weight is 365 g/mol. The molecule has 0 fully saturated rings. The average Bonchev–Trinajstić information content (AvgIpc) is 2.71. The number of hydrogen-bond acceptors (Lipinski definition) is 5. The van der Waals surface area contributed by atoms with Gasteiger partial charge < -0.3 is 9.64 Å². The summed E-state index contributed by atoms with van der Waals surface area (Å²) in [6, 6.07) is 13.9. The number of ether oxygens (including phenoxy) is 1. The van der Waals surface area contributed by atoms with Gasteiger partial charge in [0, 0.05) is 23.0 Å². The molecule has 2 heterocycles. The summed E-state index contributed by atoms with van der Waals surface area (Å²) < 4.78 is 5.30. The van der Waals surface area contributed by atoms with Crippen LogP contribution in [0.3, 0.4) is 0 Å². The molecule has 5 nitrogen and oxygen atoms in total. The molecule has 0 aliphatic carbocycles. The van der Waals surface area contributed by atoms with E-state index in [2.05, 4.69) is 10.2 Å². The summed E-state index contributed by atoms with van der Waals surface area (Å²) in [5.74, 6) is 1.27. The molecule has 0 saturated carbocycles. The van der Waals surface area contributed by atoms with E-state index >= 15 is 0 Å². The number of anilines is 1. The standard InChI is InChI=1S/C20H19N3O2S/c1-25-16-8-9-18-14(11-16)6-4-10-23(18)19(24)13-26-20-17-7-3-2-5-15(17)12-21-22-20/h2-3,5,7-9,11-12H,4,6,10,13H2,1H3. The van der Waals surface area contributed by atoms with Crippen molar-refractivity contribution in [3.8, 4) is 5.75 Å². The Labute approximate surface area is 156 Å². The van der Waals surface area contributed by atoms with Gasteiger partial charge in [0.25, 0.3) is 0 Å². The molecule has 132 valence electrons. The van der Waals surface area contributed by atoms with Gasteiger partial charge in [-0.25, -0.2) is 0 Å². The first-order chi connectivity index (χ1) is 12.8. The Bertz CT molecular complexity index is 955. The fourth-order valence-electron chi connectivity index (χ4n) is 3.28. The lowest BCUT2D eigenvalue weighted by molar-refractivity contribution is -0.116. The molecule has 3 aromatic rings. The molecule has 0 bridgehead atoms. The zero-order chi connectivity index (χ0) is 17.9. The minimum atomic E-state index is 0.0934. The quantitative estimate of drug-likeness (QED) is 0.660. The second kappa shape index (κ2) is 7.33. The molecule has 4 rings (SSSR count). The Balaban J connectivity index is 1.53. The fraction of sp³-hybridized carbons (Fsp3) is 0.250. The van der Waals surface area contributed by atoms with Crippen LogP contribution >= 0.6 is 11.8 Å². The topological polar surface area (TPSA) is 55.3 Å². The van der Waals surface area contributed by atoms with Gasteiger partial charge in [0.15, 0.2) is 0 Å². The third-order valence-corrected chi connectivity index (χ3v) is 5.54. The smallest absolute Gasteiger partial charge is 0.237 e. The van der Waals surface area contributed by atoms with Gasteiger partial charge in [0.2, 0.25) is 5.91 Å². The lowest BCUT2D eigenvalue weighted by Gasteiger charge is -2.29. The van der Waals surface area contributed by atoms with Gasteiger partial charge in [0.1, 0.15) is 10.8 Å². The molecule has 0 atom stereocenters. The van der Waals surface area contributed by atoms with Crippen molar-refractivity contribution in [2.24, 2.45) is 0 Å². The van der Waals surface area contributed by atoms with Crippen LogP contribution in [0, 0.1) is 0 Å². The first-order valence-corrected chi connectivity index (χ1v) is 9.55. The van der Waals surface area contributed by atoms with E-state index in [0.717, 1.165) is 46.6 Å². The summed E-state index contributed by atoms with van der Waals surface area (Å²) in [5.41, 5.74) is 2.16. The maximum atomic E-state index is 12.9. The molecule has 6 heteroatoms. The SMILES string of the molecule is COc1ccc2c(c1)CCCN2C(=O)CSc1nncc2ccccc12. The number of nitrogens with zero attached hydrogens (tertiary/aromatic N) is 3. The summed E-state index contributed by atoms with van der Waals surface area (Å²) >= 11 is 1.44. The monoisotopic (exact) mass is 365 g/mol. The van der Waals surface area contributed by atoms with Crippen molar-refractivity contribution >= 4 is 34.1 Å². The van der Waals surface area contributed by atoms with Crippen molar-refractivity contribution in [2.45, 2.75) is 17.9 Å².